The second kappa shape index (κ2) is 2.53. The number of carbonyl (C=O) groups is 1. The van der Waals surface area contributed by atoms with Gasteiger partial charge in [-0.15, -0.1) is 0 Å². The zero-order chi connectivity index (χ0) is 8.77. The maximum Gasteiger partial charge on any atom is 0.256 e. The standard InChI is InChI=1S/C7H4Br2N2O/c8-7(9)4-3-10-2-1-5(4)11-6(7)12/h1-3H,(H,11,12). The predicted octanol–water partition coefficient (Wildman–Crippen LogP) is 1.98. The number of hydrogen-bond donors (Lipinski definition) is 1. The number of anilines is 1. The van der Waals surface area contributed by atoms with E-state index in [0.29, 0.717) is 0 Å². The third kappa shape index (κ3) is 0.998. The Morgan fingerprint density at radius 2 is 2.25 bits per heavy atom. The van der Waals surface area contributed by atoms with Crippen LogP contribution in [0.25, 0.3) is 0 Å². The second-order valence-electron chi connectivity index (χ2n) is 2.45. The minimum Gasteiger partial charge on any atom is -0.323 e. The van der Waals surface area contributed by atoms with E-state index in [1.807, 2.05) is 0 Å². The molecule has 0 bridgehead atoms. The highest BCUT2D eigenvalue weighted by Crippen LogP contribution is 2.46. The van der Waals surface area contributed by atoms with Crippen molar-refractivity contribution in [3.63, 3.8) is 0 Å². The Hall–Kier alpha value is -0.420. The van der Waals surface area contributed by atoms with E-state index in [9.17, 15) is 4.79 Å². The van der Waals surface area contributed by atoms with Crippen LogP contribution in [0.4, 0.5) is 5.69 Å². The lowest BCUT2D eigenvalue weighted by Crippen LogP contribution is -2.20. The van der Waals surface area contributed by atoms with Crippen LogP contribution in [0.15, 0.2) is 18.5 Å². The fourth-order valence-electron chi connectivity index (χ4n) is 1.08. The van der Waals surface area contributed by atoms with Crippen LogP contribution in [0, 0.1) is 0 Å². The molecular weight excluding hydrogens is 288 g/mol. The van der Waals surface area contributed by atoms with Crippen molar-refractivity contribution in [3.8, 4) is 0 Å². The first-order chi connectivity index (χ1) is 5.62. The van der Waals surface area contributed by atoms with Gasteiger partial charge in [-0.1, -0.05) is 31.9 Å². The Morgan fingerprint density at radius 3 is 2.92 bits per heavy atom. The van der Waals surface area contributed by atoms with Crippen molar-refractivity contribution < 1.29 is 4.79 Å². The molecule has 0 spiro atoms. The number of hydrogen-bond acceptors (Lipinski definition) is 2. The molecule has 62 valence electrons. The largest absolute Gasteiger partial charge is 0.323 e. The van der Waals surface area contributed by atoms with E-state index in [4.69, 9.17) is 0 Å². The lowest BCUT2D eigenvalue weighted by Gasteiger charge is -2.08. The van der Waals surface area contributed by atoms with Crippen LogP contribution >= 0.6 is 31.9 Å². The number of nitrogens with zero attached hydrogens (tertiary/aromatic N) is 1. The van der Waals surface area contributed by atoms with Gasteiger partial charge in [0, 0.05) is 23.6 Å². The molecule has 1 N–H and O–H groups in total. The number of nitrogens with one attached hydrogen (secondary N) is 1. The highest BCUT2D eigenvalue weighted by Gasteiger charge is 2.42. The molecule has 0 fully saturated rings. The van der Waals surface area contributed by atoms with Crippen LogP contribution in [0.3, 0.4) is 0 Å². The number of carbonyl (C=O) groups excluding carboxylic acids is 1. The van der Waals surface area contributed by atoms with Crippen LogP contribution in [0.1, 0.15) is 5.56 Å². The van der Waals surface area contributed by atoms with Crippen molar-refractivity contribution in [1.29, 1.82) is 0 Å². The van der Waals surface area contributed by atoms with Crippen molar-refractivity contribution in [3.05, 3.63) is 24.0 Å². The fraction of sp³-hybridized carbons (Fsp3) is 0.143. The quantitative estimate of drug-likeness (QED) is 0.743. The van der Waals surface area contributed by atoms with Gasteiger partial charge in [0.15, 0.2) is 3.23 Å². The Kier molecular flexibility index (Phi) is 1.73. The first-order valence-electron chi connectivity index (χ1n) is 3.26. The number of aromatic nitrogens is 1. The number of alkyl halides is 2. The molecule has 12 heavy (non-hydrogen) atoms. The van der Waals surface area contributed by atoms with Crippen LogP contribution in [0.5, 0.6) is 0 Å². The topological polar surface area (TPSA) is 42.0 Å². The van der Waals surface area contributed by atoms with Crippen molar-refractivity contribution in [2.24, 2.45) is 0 Å². The Balaban J connectivity index is 2.63. The summed E-state index contributed by atoms with van der Waals surface area (Å²) in [6.45, 7) is 0. The SMILES string of the molecule is O=C1Nc2ccncc2C1(Br)Br. The average Bonchev–Trinajstić information content (AvgIpc) is 2.25. The maximum atomic E-state index is 11.3. The lowest BCUT2D eigenvalue weighted by molar-refractivity contribution is -0.115. The normalized spacial score (nSPS) is 18.7. The van der Waals surface area contributed by atoms with E-state index in [2.05, 4.69) is 42.2 Å². The molecule has 0 saturated carbocycles. The van der Waals surface area contributed by atoms with Gasteiger partial charge in [-0.25, -0.2) is 0 Å². The highest BCUT2D eigenvalue weighted by molar-refractivity contribution is 9.25. The summed E-state index contributed by atoms with van der Waals surface area (Å²) in [5, 5.41) is 2.71. The van der Waals surface area contributed by atoms with Gasteiger partial charge in [0.2, 0.25) is 0 Å². The molecule has 0 atom stereocenters. The van der Waals surface area contributed by atoms with E-state index in [-0.39, 0.29) is 5.91 Å². The van der Waals surface area contributed by atoms with Gasteiger partial charge in [-0.05, 0) is 6.07 Å². The van der Waals surface area contributed by atoms with E-state index in [1.165, 1.54) is 0 Å². The third-order valence-electron chi connectivity index (χ3n) is 1.69. The van der Waals surface area contributed by atoms with Gasteiger partial charge < -0.3 is 5.32 Å². The van der Waals surface area contributed by atoms with Crippen molar-refractivity contribution in [2.75, 3.05) is 5.32 Å². The molecule has 0 saturated heterocycles. The van der Waals surface area contributed by atoms with Gasteiger partial charge in [-0.3, -0.25) is 9.78 Å². The molecule has 1 aromatic heterocycles. The lowest BCUT2D eigenvalue weighted by atomic mass is 10.2. The van der Waals surface area contributed by atoms with E-state index in [1.54, 1.807) is 18.5 Å². The molecule has 1 aromatic rings. The van der Waals surface area contributed by atoms with Gasteiger partial charge in [0.25, 0.3) is 5.91 Å². The van der Waals surface area contributed by atoms with Crippen LogP contribution in [0.2, 0.25) is 0 Å². The van der Waals surface area contributed by atoms with Crippen molar-refractivity contribution in [1.82, 2.24) is 4.98 Å². The summed E-state index contributed by atoms with van der Waals surface area (Å²) in [5.74, 6) is -0.120. The number of amides is 1. The monoisotopic (exact) mass is 290 g/mol. The number of pyridine rings is 1. The highest BCUT2D eigenvalue weighted by atomic mass is 79.9. The molecule has 0 aromatic carbocycles. The van der Waals surface area contributed by atoms with Gasteiger partial charge >= 0.3 is 0 Å². The van der Waals surface area contributed by atoms with Crippen LogP contribution in [-0.2, 0) is 8.03 Å². The summed E-state index contributed by atoms with van der Waals surface area (Å²) in [4.78, 5) is 15.3. The smallest absolute Gasteiger partial charge is 0.256 e. The summed E-state index contributed by atoms with van der Waals surface area (Å²) >= 11 is 6.54. The average molecular weight is 292 g/mol. The van der Waals surface area contributed by atoms with Gasteiger partial charge in [0.05, 0.1) is 0 Å². The molecule has 2 heterocycles. The summed E-state index contributed by atoms with van der Waals surface area (Å²) in [7, 11) is 0. The Bertz CT molecular complexity index is 351. The van der Waals surface area contributed by atoms with E-state index in [0.717, 1.165) is 11.3 Å². The molecule has 0 radical (unpaired) electrons. The van der Waals surface area contributed by atoms with E-state index < -0.39 is 3.23 Å². The zero-order valence-electron chi connectivity index (χ0n) is 5.84. The Labute approximate surface area is 85.8 Å². The van der Waals surface area contributed by atoms with Crippen molar-refractivity contribution >= 4 is 43.5 Å². The van der Waals surface area contributed by atoms with Crippen molar-refractivity contribution in [2.45, 2.75) is 3.23 Å². The van der Waals surface area contributed by atoms with Gasteiger partial charge in [0.1, 0.15) is 0 Å². The summed E-state index contributed by atoms with van der Waals surface area (Å²) in [6, 6.07) is 1.76. The molecule has 1 aliphatic heterocycles. The number of rotatable bonds is 0. The van der Waals surface area contributed by atoms with Crippen LogP contribution < -0.4 is 5.32 Å². The molecule has 1 aliphatic rings. The second-order valence-corrected chi connectivity index (χ2v) is 5.89. The maximum absolute atomic E-state index is 11.3. The molecular formula is C7H4Br2N2O. The molecule has 0 aliphatic carbocycles. The predicted molar refractivity (Wildman–Crippen MR) is 52.4 cm³/mol. The molecule has 3 nitrogen and oxygen atoms in total. The van der Waals surface area contributed by atoms with Gasteiger partial charge in [-0.2, -0.15) is 0 Å². The molecule has 2 rings (SSSR count). The third-order valence-corrected chi connectivity index (χ3v) is 3.27. The molecule has 1 amide bonds. The minimum atomic E-state index is -0.802. The zero-order valence-corrected chi connectivity index (χ0v) is 9.02. The number of fused-ring (bicyclic) bond motifs is 1. The fourth-order valence-corrected chi connectivity index (χ4v) is 1.91. The summed E-state index contributed by atoms with van der Waals surface area (Å²) in [6.07, 6.45) is 3.29. The number of halogens is 2. The van der Waals surface area contributed by atoms with E-state index >= 15 is 0 Å². The summed E-state index contributed by atoms with van der Waals surface area (Å²) < 4.78 is -0.802. The minimum absolute atomic E-state index is 0.120. The first-order valence-corrected chi connectivity index (χ1v) is 4.85. The Morgan fingerprint density at radius 1 is 1.50 bits per heavy atom. The summed E-state index contributed by atoms with van der Waals surface area (Å²) in [5.41, 5.74) is 1.61. The first kappa shape index (κ1) is 8.19. The molecule has 0 unspecified atom stereocenters. The van der Waals surface area contributed by atoms with Crippen LogP contribution in [-0.4, -0.2) is 10.9 Å². The molecule has 5 heteroatoms.